The number of anilines is 1. The number of rotatable bonds is 2. The molecule has 0 aromatic heterocycles. The summed E-state index contributed by atoms with van der Waals surface area (Å²) >= 11 is 4.48. The van der Waals surface area contributed by atoms with Crippen molar-refractivity contribution in [2.45, 2.75) is 31.4 Å². The molecular weight excluding hydrogens is 178 g/mol. The maximum atomic E-state index is 5.63. The molecule has 1 nitrogen and oxygen atoms in total. The van der Waals surface area contributed by atoms with Crippen molar-refractivity contribution in [2.75, 3.05) is 5.73 Å². The lowest BCUT2D eigenvalue weighted by Crippen LogP contribution is -2.26. The van der Waals surface area contributed by atoms with E-state index in [4.69, 9.17) is 5.73 Å². The molecule has 2 N–H and O–H groups in total. The van der Waals surface area contributed by atoms with Crippen molar-refractivity contribution in [3.63, 3.8) is 0 Å². The van der Waals surface area contributed by atoms with Crippen LogP contribution in [0.15, 0.2) is 24.3 Å². The highest BCUT2D eigenvalue weighted by molar-refractivity contribution is 7.81. The van der Waals surface area contributed by atoms with Gasteiger partial charge in [0.15, 0.2) is 0 Å². The van der Waals surface area contributed by atoms with Gasteiger partial charge in [0, 0.05) is 16.4 Å². The summed E-state index contributed by atoms with van der Waals surface area (Å²) in [6.45, 7) is 6.49. The molecule has 72 valence electrons. The van der Waals surface area contributed by atoms with Crippen LogP contribution in [-0.4, -0.2) is 5.25 Å². The van der Waals surface area contributed by atoms with Crippen molar-refractivity contribution >= 4 is 18.3 Å². The Morgan fingerprint density at radius 1 is 1.23 bits per heavy atom. The largest absolute Gasteiger partial charge is 0.399 e. The average Bonchev–Trinajstić information content (AvgIpc) is 2.04. The van der Waals surface area contributed by atoms with E-state index in [2.05, 4.69) is 45.5 Å². The summed E-state index contributed by atoms with van der Waals surface area (Å²) in [7, 11) is 0. The molecule has 13 heavy (non-hydrogen) atoms. The lowest BCUT2D eigenvalue weighted by atomic mass is 9.82. The molecule has 1 aromatic rings. The summed E-state index contributed by atoms with van der Waals surface area (Å²) in [5, 5.41) is 0.330. The van der Waals surface area contributed by atoms with Gasteiger partial charge in [0.1, 0.15) is 0 Å². The van der Waals surface area contributed by atoms with E-state index in [0.29, 0.717) is 5.25 Å². The summed E-state index contributed by atoms with van der Waals surface area (Å²) in [5.74, 6) is 0. The number of hydrogen-bond donors (Lipinski definition) is 2. The minimum Gasteiger partial charge on any atom is -0.399 e. The Bertz CT molecular complexity index is 275. The quantitative estimate of drug-likeness (QED) is 0.551. The second-order valence-electron chi connectivity index (χ2n) is 4.02. The summed E-state index contributed by atoms with van der Waals surface area (Å²) < 4.78 is 0. The third-order valence-electron chi connectivity index (χ3n) is 2.70. The van der Waals surface area contributed by atoms with Crippen molar-refractivity contribution in [2.24, 2.45) is 0 Å². The second kappa shape index (κ2) is 3.62. The maximum Gasteiger partial charge on any atom is 0.0314 e. The molecule has 0 saturated heterocycles. The first-order valence-corrected chi connectivity index (χ1v) is 5.00. The van der Waals surface area contributed by atoms with E-state index in [1.807, 2.05) is 12.1 Å². The minimum absolute atomic E-state index is 0.0941. The first kappa shape index (κ1) is 10.5. The molecule has 0 heterocycles. The van der Waals surface area contributed by atoms with Crippen molar-refractivity contribution < 1.29 is 0 Å². The van der Waals surface area contributed by atoms with Crippen molar-refractivity contribution in [3.8, 4) is 0 Å². The minimum atomic E-state index is 0.0941. The van der Waals surface area contributed by atoms with Crippen LogP contribution in [0.2, 0.25) is 0 Å². The molecule has 1 rings (SSSR count). The maximum absolute atomic E-state index is 5.63. The van der Waals surface area contributed by atoms with E-state index in [1.165, 1.54) is 5.56 Å². The molecule has 0 spiro atoms. The monoisotopic (exact) mass is 195 g/mol. The topological polar surface area (TPSA) is 26.0 Å². The number of nitrogen functional groups attached to an aromatic ring is 1. The van der Waals surface area contributed by atoms with Crippen LogP contribution >= 0.6 is 12.6 Å². The fraction of sp³-hybridized carbons (Fsp3) is 0.455. The number of benzene rings is 1. The Labute approximate surface area is 85.8 Å². The van der Waals surface area contributed by atoms with Crippen LogP contribution in [0, 0.1) is 0 Å². The fourth-order valence-electron chi connectivity index (χ4n) is 1.15. The van der Waals surface area contributed by atoms with E-state index < -0.39 is 0 Å². The molecule has 1 aromatic carbocycles. The lowest BCUT2D eigenvalue weighted by Gasteiger charge is -2.29. The Hall–Kier alpha value is -0.630. The molecule has 0 fully saturated rings. The molecule has 1 unspecified atom stereocenters. The van der Waals surface area contributed by atoms with Gasteiger partial charge in [-0.3, -0.25) is 0 Å². The van der Waals surface area contributed by atoms with Gasteiger partial charge in [-0.05, 0) is 17.7 Å². The van der Waals surface area contributed by atoms with Gasteiger partial charge in [-0.2, -0.15) is 12.6 Å². The highest BCUT2D eigenvalue weighted by Gasteiger charge is 2.24. The van der Waals surface area contributed by atoms with Gasteiger partial charge in [0.2, 0.25) is 0 Å². The fourth-order valence-corrected chi connectivity index (χ4v) is 1.30. The van der Waals surface area contributed by atoms with Gasteiger partial charge in [0.05, 0.1) is 0 Å². The van der Waals surface area contributed by atoms with Gasteiger partial charge < -0.3 is 5.73 Å². The van der Waals surface area contributed by atoms with Crippen LogP contribution in [0.1, 0.15) is 26.3 Å². The van der Waals surface area contributed by atoms with Crippen LogP contribution in [0.25, 0.3) is 0 Å². The lowest BCUT2D eigenvalue weighted by molar-refractivity contribution is 0.523. The molecule has 0 aliphatic carbocycles. The van der Waals surface area contributed by atoms with Gasteiger partial charge in [0.25, 0.3) is 0 Å². The number of hydrogen-bond acceptors (Lipinski definition) is 2. The Balaban J connectivity index is 3.01. The smallest absolute Gasteiger partial charge is 0.0314 e. The SMILES string of the molecule is CC(S)C(C)(C)c1ccc(N)cc1. The van der Waals surface area contributed by atoms with E-state index in [-0.39, 0.29) is 5.41 Å². The molecule has 0 bridgehead atoms. The van der Waals surface area contributed by atoms with Crippen molar-refractivity contribution in [1.82, 2.24) is 0 Å². The van der Waals surface area contributed by atoms with E-state index in [9.17, 15) is 0 Å². The predicted molar refractivity (Wildman–Crippen MR) is 62.3 cm³/mol. The first-order chi connectivity index (χ1) is 5.94. The van der Waals surface area contributed by atoms with Crippen LogP contribution in [0.4, 0.5) is 5.69 Å². The molecule has 2 heteroatoms. The van der Waals surface area contributed by atoms with Crippen molar-refractivity contribution in [1.29, 1.82) is 0 Å². The van der Waals surface area contributed by atoms with Gasteiger partial charge in [-0.25, -0.2) is 0 Å². The standard InChI is InChI=1S/C11H17NS/c1-8(13)11(2,3)9-4-6-10(12)7-5-9/h4-8,13H,12H2,1-3H3. The molecule has 0 saturated carbocycles. The molecular formula is C11H17NS. The van der Waals surface area contributed by atoms with Gasteiger partial charge in [-0.15, -0.1) is 0 Å². The Morgan fingerprint density at radius 3 is 2.08 bits per heavy atom. The third kappa shape index (κ3) is 2.19. The second-order valence-corrected chi connectivity index (χ2v) is 4.79. The molecule has 1 atom stereocenters. The Kier molecular flexibility index (Phi) is 2.91. The zero-order valence-electron chi connectivity index (χ0n) is 8.41. The molecule has 0 aliphatic rings. The highest BCUT2D eigenvalue weighted by Crippen LogP contribution is 2.30. The average molecular weight is 195 g/mol. The number of thiol groups is 1. The first-order valence-electron chi connectivity index (χ1n) is 4.48. The highest BCUT2D eigenvalue weighted by atomic mass is 32.1. The van der Waals surface area contributed by atoms with Gasteiger partial charge in [-0.1, -0.05) is 32.9 Å². The van der Waals surface area contributed by atoms with E-state index in [0.717, 1.165) is 5.69 Å². The van der Waals surface area contributed by atoms with E-state index >= 15 is 0 Å². The van der Waals surface area contributed by atoms with Crippen LogP contribution in [0.3, 0.4) is 0 Å². The molecule has 0 radical (unpaired) electrons. The van der Waals surface area contributed by atoms with E-state index in [1.54, 1.807) is 0 Å². The van der Waals surface area contributed by atoms with Gasteiger partial charge >= 0.3 is 0 Å². The number of nitrogens with two attached hydrogens (primary N) is 1. The van der Waals surface area contributed by atoms with Crippen molar-refractivity contribution in [3.05, 3.63) is 29.8 Å². The summed E-state index contributed by atoms with van der Waals surface area (Å²) in [6.07, 6.45) is 0. The zero-order chi connectivity index (χ0) is 10.1. The summed E-state index contributed by atoms with van der Waals surface area (Å²) in [4.78, 5) is 0. The Morgan fingerprint density at radius 2 is 1.69 bits per heavy atom. The molecule has 0 amide bonds. The summed E-state index contributed by atoms with van der Waals surface area (Å²) in [5.41, 5.74) is 7.81. The zero-order valence-corrected chi connectivity index (χ0v) is 9.31. The van der Waals surface area contributed by atoms with Crippen LogP contribution < -0.4 is 5.73 Å². The third-order valence-corrected chi connectivity index (χ3v) is 3.34. The normalized spacial score (nSPS) is 14.2. The molecule has 0 aliphatic heterocycles. The predicted octanol–water partition coefficient (Wildman–Crippen LogP) is 2.86. The van der Waals surface area contributed by atoms with Crippen LogP contribution in [-0.2, 0) is 5.41 Å². The van der Waals surface area contributed by atoms with Crippen LogP contribution in [0.5, 0.6) is 0 Å². The summed E-state index contributed by atoms with van der Waals surface area (Å²) in [6, 6.07) is 8.02.